The molecule has 0 spiro atoms. The smallest absolute Gasteiger partial charge is 0.233 e. The van der Waals surface area contributed by atoms with Crippen molar-refractivity contribution in [1.29, 1.82) is 0 Å². The van der Waals surface area contributed by atoms with E-state index in [9.17, 15) is 4.79 Å². The maximum Gasteiger partial charge on any atom is 0.233 e. The van der Waals surface area contributed by atoms with Crippen LogP contribution < -0.4 is 5.32 Å². The second-order valence-electron chi connectivity index (χ2n) is 7.32. The van der Waals surface area contributed by atoms with Crippen LogP contribution in [0.4, 0.5) is 0 Å². The minimum Gasteiger partial charge on any atom is -0.467 e. The van der Waals surface area contributed by atoms with Crippen molar-refractivity contribution in [3.8, 4) is 11.4 Å². The van der Waals surface area contributed by atoms with Crippen molar-refractivity contribution in [3.63, 3.8) is 0 Å². The van der Waals surface area contributed by atoms with Crippen LogP contribution in [0.2, 0.25) is 0 Å². The van der Waals surface area contributed by atoms with Gasteiger partial charge in [0.25, 0.3) is 0 Å². The zero-order valence-corrected chi connectivity index (χ0v) is 17.3. The summed E-state index contributed by atoms with van der Waals surface area (Å²) in [5.74, 6) is 1.56. The van der Waals surface area contributed by atoms with Crippen LogP contribution in [0.15, 0.2) is 52.5 Å². The summed E-state index contributed by atoms with van der Waals surface area (Å²) >= 11 is 1.42. The van der Waals surface area contributed by atoms with Gasteiger partial charge in [-0.2, -0.15) is 0 Å². The maximum atomic E-state index is 12.7. The molecule has 0 bridgehead atoms. The summed E-state index contributed by atoms with van der Waals surface area (Å²) in [6, 6.07) is 7.89. The lowest BCUT2D eigenvalue weighted by Crippen LogP contribution is -2.40. The Morgan fingerprint density at radius 2 is 2.14 bits per heavy atom. The molecule has 0 radical (unpaired) electrons. The molecule has 1 N–H and O–H groups in total. The highest BCUT2D eigenvalue weighted by molar-refractivity contribution is 8.00. The molecule has 1 aliphatic rings. The average molecular weight is 412 g/mol. The van der Waals surface area contributed by atoms with Gasteiger partial charge in [0.05, 0.1) is 18.1 Å². The molecule has 1 saturated carbocycles. The standard InChI is InChI=1S/C21H25N5O2S/c1-15(20(27)23-17-8-3-2-4-9-17)29-21-25-24-19(16-7-5-11-22-13-16)26(21)14-18-10-6-12-28-18/h5-7,10-13,15,17H,2-4,8-9,14H2,1H3,(H,23,27). The number of carbonyl (C=O) groups is 1. The van der Waals surface area contributed by atoms with Crippen molar-refractivity contribution < 1.29 is 9.21 Å². The molecule has 1 unspecified atom stereocenters. The van der Waals surface area contributed by atoms with Crippen LogP contribution in [0.25, 0.3) is 11.4 Å². The van der Waals surface area contributed by atoms with Crippen molar-refractivity contribution in [3.05, 3.63) is 48.7 Å². The van der Waals surface area contributed by atoms with Gasteiger partial charge < -0.3 is 9.73 Å². The minimum atomic E-state index is -0.266. The molecule has 1 amide bonds. The van der Waals surface area contributed by atoms with E-state index in [1.165, 1.54) is 31.0 Å². The summed E-state index contributed by atoms with van der Waals surface area (Å²) in [6.45, 7) is 2.40. The van der Waals surface area contributed by atoms with Gasteiger partial charge in [-0.3, -0.25) is 14.3 Å². The first-order valence-corrected chi connectivity index (χ1v) is 10.9. The van der Waals surface area contributed by atoms with Gasteiger partial charge in [-0.1, -0.05) is 31.0 Å². The van der Waals surface area contributed by atoms with E-state index in [4.69, 9.17) is 4.42 Å². The molecule has 8 heteroatoms. The van der Waals surface area contributed by atoms with Gasteiger partial charge in [-0.15, -0.1) is 10.2 Å². The fourth-order valence-corrected chi connectivity index (χ4v) is 4.42. The molecular formula is C21H25N5O2S. The highest BCUT2D eigenvalue weighted by Gasteiger charge is 2.24. The van der Waals surface area contributed by atoms with Gasteiger partial charge in [0.1, 0.15) is 5.76 Å². The third kappa shape index (κ3) is 4.87. The normalized spacial score (nSPS) is 15.9. The van der Waals surface area contributed by atoms with Crippen molar-refractivity contribution in [2.24, 2.45) is 0 Å². The summed E-state index contributed by atoms with van der Waals surface area (Å²) in [6.07, 6.45) is 10.9. The lowest BCUT2D eigenvalue weighted by molar-refractivity contribution is -0.121. The van der Waals surface area contributed by atoms with Crippen LogP contribution in [0, 0.1) is 0 Å². The lowest BCUT2D eigenvalue weighted by atomic mass is 9.95. The Hall–Kier alpha value is -2.61. The van der Waals surface area contributed by atoms with Crippen molar-refractivity contribution in [1.82, 2.24) is 25.1 Å². The SMILES string of the molecule is CC(Sc1nnc(-c2cccnc2)n1Cc1ccco1)C(=O)NC1CCCCC1. The summed E-state index contributed by atoms with van der Waals surface area (Å²) in [7, 11) is 0. The predicted octanol–water partition coefficient (Wildman–Crippen LogP) is 3.91. The van der Waals surface area contributed by atoms with Gasteiger partial charge in [-0.25, -0.2) is 0 Å². The maximum absolute atomic E-state index is 12.7. The monoisotopic (exact) mass is 411 g/mol. The van der Waals surface area contributed by atoms with Crippen LogP contribution in [0.5, 0.6) is 0 Å². The van der Waals surface area contributed by atoms with Crippen molar-refractivity contribution in [2.45, 2.75) is 62.0 Å². The lowest BCUT2D eigenvalue weighted by Gasteiger charge is -2.24. The molecule has 0 aromatic carbocycles. The topological polar surface area (TPSA) is 85.8 Å². The van der Waals surface area contributed by atoms with E-state index in [-0.39, 0.29) is 11.2 Å². The first kappa shape index (κ1) is 19.7. The number of aromatic nitrogens is 4. The summed E-state index contributed by atoms with van der Waals surface area (Å²) < 4.78 is 7.50. The molecule has 1 atom stereocenters. The zero-order valence-electron chi connectivity index (χ0n) is 16.5. The number of nitrogens with zero attached hydrogens (tertiary/aromatic N) is 4. The summed E-state index contributed by atoms with van der Waals surface area (Å²) in [5.41, 5.74) is 0.873. The van der Waals surface area contributed by atoms with Crippen LogP contribution in [0.1, 0.15) is 44.8 Å². The molecule has 152 valence electrons. The number of furan rings is 1. The second-order valence-corrected chi connectivity index (χ2v) is 8.62. The van der Waals surface area contributed by atoms with Gasteiger partial charge >= 0.3 is 0 Å². The van der Waals surface area contributed by atoms with Crippen LogP contribution >= 0.6 is 11.8 Å². The Balaban J connectivity index is 1.53. The van der Waals surface area contributed by atoms with E-state index < -0.39 is 0 Å². The number of nitrogens with one attached hydrogen (secondary N) is 1. The molecule has 0 aliphatic heterocycles. The first-order chi connectivity index (χ1) is 14.2. The zero-order chi connectivity index (χ0) is 20.1. The van der Waals surface area contributed by atoms with Crippen molar-refractivity contribution >= 4 is 17.7 Å². The quantitative estimate of drug-likeness (QED) is 0.593. The molecule has 3 heterocycles. The average Bonchev–Trinajstić information content (AvgIpc) is 3.40. The number of hydrogen-bond acceptors (Lipinski definition) is 6. The van der Waals surface area contributed by atoms with Crippen LogP contribution in [-0.4, -0.2) is 36.9 Å². The largest absolute Gasteiger partial charge is 0.467 e. The molecule has 0 saturated heterocycles. The van der Waals surface area contributed by atoms with Gasteiger partial charge in [0.15, 0.2) is 11.0 Å². The van der Waals surface area contributed by atoms with E-state index in [0.717, 1.165) is 24.2 Å². The van der Waals surface area contributed by atoms with Gasteiger partial charge in [0, 0.05) is 24.0 Å². The molecule has 3 aromatic rings. The fraction of sp³-hybridized carbons (Fsp3) is 0.429. The number of rotatable bonds is 7. The molecule has 29 heavy (non-hydrogen) atoms. The van der Waals surface area contributed by atoms with Gasteiger partial charge in [0.2, 0.25) is 5.91 Å². The Kier molecular flexibility index (Phi) is 6.29. The Morgan fingerprint density at radius 3 is 2.86 bits per heavy atom. The third-order valence-electron chi connectivity index (χ3n) is 5.13. The summed E-state index contributed by atoms with van der Waals surface area (Å²) in [5, 5.41) is 12.4. The Labute approximate surface area is 174 Å². The third-order valence-corrected chi connectivity index (χ3v) is 6.21. The highest BCUT2D eigenvalue weighted by Crippen LogP contribution is 2.28. The van der Waals surface area contributed by atoms with E-state index >= 15 is 0 Å². The number of amides is 1. The number of thioether (sulfide) groups is 1. The number of hydrogen-bond donors (Lipinski definition) is 1. The fourth-order valence-electron chi connectivity index (χ4n) is 3.56. The van der Waals surface area contributed by atoms with E-state index in [0.29, 0.717) is 23.6 Å². The van der Waals surface area contributed by atoms with E-state index in [1.807, 2.05) is 35.8 Å². The van der Waals surface area contributed by atoms with Crippen LogP contribution in [0.3, 0.4) is 0 Å². The minimum absolute atomic E-state index is 0.0531. The van der Waals surface area contributed by atoms with E-state index in [2.05, 4.69) is 20.5 Å². The molecule has 7 nitrogen and oxygen atoms in total. The molecule has 3 aromatic heterocycles. The molecular weight excluding hydrogens is 386 g/mol. The Morgan fingerprint density at radius 1 is 1.28 bits per heavy atom. The first-order valence-electron chi connectivity index (χ1n) is 10.0. The van der Waals surface area contributed by atoms with E-state index in [1.54, 1.807) is 18.7 Å². The number of pyridine rings is 1. The summed E-state index contributed by atoms with van der Waals surface area (Å²) in [4.78, 5) is 16.9. The van der Waals surface area contributed by atoms with Crippen LogP contribution in [-0.2, 0) is 11.3 Å². The van der Waals surface area contributed by atoms with Gasteiger partial charge in [-0.05, 0) is 44.0 Å². The molecule has 4 rings (SSSR count). The Bertz CT molecular complexity index is 920. The predicted molar refractivity (Wildman–Crippen MR) is 111 cm³/mol. The number of carbonyl (C=O) groups excluding carboxylic acids is 1. The van der Waals surface area contributed by atoms with Crippen molar-refractivity contribution in [2.75, 3.05) is 0 Å². The highest BCUT2D eigenvalue weighted by atomic mass is 32.2. The molecule has 1 aliphatic carbocycles. The second kappa shape index (κ2) is 9.26. The molecule has 1 fully saturated rings.